The van der Waals surface area contributed by atoms with Crippen molar-refractivity contribution in [3.63, 3.8) is 0 Å². The van der Waals surface area contributed by atoms with Crippen molar-refractivity contribution in [3.8, 4) is 0 Å². The lowest BCUT2D eigenvalue weighted by molar-refractivity contribution is -0.135. The van der Waals surface area contributed by atoms with Gasteiger partial charge >= 0.3 is 5.97 Å². The van der Waals surface area contributed by atoms with Crippen LogP contribution in [0.2, 0.25) is 0 Å². The molecule has 0 radical (unpaired) electrons. The summed E-state index contributed by atoms with van der Waals surface area (Å²) in [5.74, 6) is -0.390. The standard InChI is InChI=1S/C15H21NO4S/c1-2-9-21(19,20)14-6-4-3-5-13(14)16(11-15(17)18)10-12-7-8-12/h3-6,12H,2,7-11H2,1H3,(H,17,18). The number of sulfone groups is 1. The third-order valence-corrected chi connectivity index (χ3v) is 5.48. The minimum Gasteiger partial charge on any atom is -0.480 e. The molecule has 2 rings (SSSR count). The van der Waals surface area contributed by atoms with E-state index < -0.39 is 15.8 Å². The maximum Gasteiger partial charge on any atom is 0.323 e. The molecular weight excluding hydrogens is 290 g/mol. The van der Waals surface area contributed by atoms with Crippen LogP contribution in [0.3, 0.4) is 0 Å². The van der Waals surface area contributed by atoms with Gasteiger partial charge in [-0.2, -0.15) is 0 Å². The number of carboxylic acid groups (broad SMARTS) is 1. The molecule has 5 nitrogen and oxygen atoms in total. The molecule has 1 aromatic carbocycles. The Kier molecular flexibility index (Phi) is 4.88. The molecule has 0 aromatic heterocycles. The summed E-state index contributed by atoms with van der Waals surface area (Å²) in [6, 6.07) is 6.71. The first-order valence-corrected chi connectivity index (χ1v) is 8.87. The lowest BCUT2D eigenvalue weighted by atomic mass is 10.2. The van der Waals surface area contributed by atoms with Crippen molar-refractivity contribution in [1.82, 2.24) is 0 Å². The number of nitrogens with zero attached hydrogens (tertiary/aromatic N) is 1. The maximum atomic E-state index is 12.4. The molecule has 0 unspecified atom stereocenters. The number of carbonyl (C=O) groups is 1. The number of benzene rings is 1. The molecule has 21 heavy (non-hydrogen) atoms. The molecule has 0 bridgehead atoms. The molecule has 0 spiro atoms. The van der Waals surface area contributed by atoms with E-state index in [2.05, 4.69) is 0 Å². The minimum absolute atomic E-state index is 0.0777. The summed E-state index contributed by atoms with van der Waals surface area (Å²) < 4.78 is 24.7. The quantitative estimate of drug-likeness (QED) is 0.796. The van der Waals surface area contributed by atoms with Crippen LogP contribution >= 0.6 is 0 Å². The Morgan fingerprint density at radius 3 is 2.57 bits per heavy atom. The molecule has 1 saturated carbocycles. The molecule has 6 heteroatoms. The zero-order valence-electron chi connectivity index (χ0n) is 12.2. The lowest BCUT2D eigenvalue weighted by Gasteiger charge is -2.25. The second-order valence-electron chi connectivity index (χ2n) is 5.50. The fraction of sp³-hybridized carbons (Fsp3) is 0.533. The molecule has 1 N–H and O–H groups in total. The highest BCUT2D eigenvalue weighted by Crippen LogP contribution is 2.33. The van der Waals surface area contributed by atoms with Gasteiger partial charge in [-0.25, -0.2) is 8.42 Å². The second kappa shape index (κ2) is 6.47. The normalized spacial score (nSPS) is 14.9. The summed E-state index contributed by atoms with van der Waals surface area (Å²) in [7, 11) is -3.37. The Balaban J connectivity index is 2.37. The molecule has 1 aliphatic carbocycles. The van der Waals surface area contributed by atoms with Gasteiger partial charge in [-0.3, -0.25) is 4.79 Å². The van der Waals surface area contributed by atoms with Crippen molar-refractivity contribution in [2.24, 2.45) is 5.92 Å². The zero-order chi connectivity index (χ0) is 15.5. The number of aliphatic carboxylic acids is 1. The van der Waals surface area contributed by atoms with Gasteiger partial charge in [0.2, 0.25) is 0 Å². The van der Waals surface area contributed by atoms with Crippen LogP contribution in [0.1, 0.15) is 26.2 Å². The van der Waals surface area contributed by atoms with Crippen molar-refractivity contribution >= 4 is 21.5 Å². The molecule has 1 fully saturated rings. The van der Waals surface area contributed by atoms with E-state index in [-0.39, 0.29) is 17.2 Å². The van der Waals surface area contributed by atoms with E-state index in [1.807, 2.05) is 6.92 Å². The van der Waals surface area contributed by atoms with Gasteiger partial charge in [-0.15, -0.1) is 0 Å². The van der Waals surface area contributed by atoms with Crippen LogP contribution in [-0.2, 0) is 14.6 Å². The van der Waals surface area contributed by atoms with E-state index in [0.29, 0.717) is 24.6 Å². The lowest BCUT2D eigenvalue weighted by Crippen LogP contribution is -2.32. The molecular formula is C15H21NO4S. The van der Waals surface area contributed by atoms with Crippen LogP contribution in [0.25, 0.3) is 0 Å². The highest BCUT2D eigenvalue weighted by atomic mass is 32.2. The van der Waals surface area contributed by atoms with E-state index in [9.17, 15) is 13.2 Å². The number of anilines is 1. The molecule has 0 atom stereocenters. The third-order valence-electron chi connectivity index (χ3n) is 3.52. The third kappa shape index (κ3) is 4.20. The molecule has 0 aliphatic heterocycles. The van der Waals surface area contributed by atoms with E-state index >= 15 is 0 Å². The predicted molar refractivity (Wildman–Crippen MR) is 81.4 cm³/mol. The molecule has 1 aliphatic rings. The highest BCUT2D eigenvalue weighted by Gasteiger charge is 2.28. The van der Waals surface area contributed by atoms with Crippen molar-refractivity contribution in [3.05, 3.63) is 24.3 Å². The van der Waals surface area contributed by atoms with Crippen molar-refractivity contribution < 1.29 is 18.3 Å². The van der Waals surface area contributed by atoms with Crippen molar-refractivity contribution in [2.75, 3.05) is 23.7 Å². The average Bonchev–Trinajstić information content (AvgIpc) is 3.21. The largest absolute Gasteiger partial charge is 0.480 e. The summed E-state index contributed by atoms with van der Waals surface area (Å²) in [5, 5.41) is 9.08. The average molecular weight is 311 g/mol. The Morgan fingerprint density at radius 1 is 1.33 bits per heavy atom. The van der Waals surface area contributed by atoms with Gasteiger partial charge in [-0.1, -0.05) is 19.1 Å². The van der Waals surface area contributed by atoms with Crippen LogP contribution < -0.4 is 4.90 Å². The van der Waals surface area contributed by atoms with Crippen molar-refractivity contribution in [2.45, 2.75) is 31.1 Å². The zero-order valence-corrected chi connectivity index (χ0v) is 13.0. The number of carboxylic acids is 1. The van der Waals surface area contributed by atoms with Gasteiger partial charge in [-0.05, 0) is 37.3 Å². The van der Waals surface area contributed by atoms with Crippen LogP contribution in [0.5, 0.6) is 0 Å². The smallest absolute Gasteiger partial charge is 0.323 e. The highest BCUT2D eigenvalue weighted by molar-refractivity contribution is 7.91. The van der Waals surface area contributed by atoms with Gasteiger partial charge in [0.15, 0.2) is 9.84 Å². The molecule has 0 heterocycles. The minimum atomic E-state index is -3.37. The van der Waals surface area contributed by atoms with Crippen LogP contribution in [-0.4, -0.2) is 38.3 Å². The molecule has 1 aromatic rings. The van der Waals surface area contributed by atoms with Crippen LogP contribution in [0.4, 0.5) is 5.69 Å². The van der Waals surface area contributed by atoms with Gasteiger partial charge in [0, 0.05) is 6.54 Å². The first-order valence-electron chi connectivity index (χ1n) is 7.22. The number of rotatable bonds is 8. The Bertz CT molecular complexity index is 608. The summed E-state index contributed by atoms with van der Waals surface area (Å²) in [6.45, 7) is 2.25. The van der Waals surface area contributed by atoms with Crippen LogP contribution in [0, 0.1) is 5.92 Å². The van der Waals surface area contributed by atoms with Gasteiger partial charge in [0.25, 0.3) is 0 Å². The molecule has 116 valence electrons. The summed E-state index contributed by atoms with van der Waals surface area (Å²) in [4.78, 5) is 13.0. The molecule has 0 saturated heterocycles. The fourth-order valence-electron chi connectivity index (χ4n) is 2.38. The van der Waals surface area contributed by atoms with Crippen molar-refractivity contribution in [1.29, 1.82) is 0 Å². The summed E-state index contributed by atoms with van der Waals surface area (Å²) in [5.41, 5.74) is 0.514. The number of hydrogen-bond donors (Lipinski definition) is 1. The first-order chi connectivity index (χ1) is 9.94. The predicted octanol–water partition coefficient (Wildman–Crippen LogP) is 2.17. The first kappa shape index (κ1) is 15.8. The summed E-state index contributed by atoms with van der Waals surface area (Å²) in [6.07, 6.45) is 2.71. The monoisotopic (exact) mass is 311 g/mol. The van der Waals surface area contributed by atoms with Gasteiger partial charge in [0.1, 0.15) is 6.54 Å². The second-order valence-corrected chi connectivity index (χ2v) is 7.58. The maximum absolute atomic E-state index is 12.4. The van der Waals surface area contributed by atoms with Gasteiger partial charge in [0.05, 0.1) is 16.3 Å². The number of para-hydroxylation sites is 1. The SMILES string of the molecule is CCCS(=O)(=O)c1ccccc1N(CC(=O)O)CC1CC1. The van der Waals surface area contributed by atoms with Gasteiger partial charge < -0.3 is 10.0 Å². The van der Waals surface area contributed by atoms with E-state index in [4.69, 9.17) is 5.11 Å². The fourth-order valence-corrected chi connectivity index (χ4v) is 3.94. The van der Waals surface area contributed by atoms with E-state index in [1.165, 1.54) is 0 Å². The Morgan fingerprint density at radius 2 is 2.00 bits per heavy atom. The number of hydrogen-bond acceptors (Lipinski definition) is 4. The van der Waals surface area contributed by atoms with E-state index in [1.54, 1.807) is 29.2 Å². The Labute approximate surface area is 125 Å². The van der Waals surface area contributed by atoms with E-state index in [0.717, 1.165) is 12.8 Å². The summed E-state index contributed by atoms with van der Waals surface area (Å²) >= 11 is 0. The molecule has 0 amide bonds. The Hall–Kier alpha value is -1.56. The topological polar surface area (TPSA) is 74.7 Å². The van der Waals surface area contributed by atoms with Crippen LogP contribution in [0.15, 0.2) is 29.2 Å².